The van der Waals surface area contributed by atoms with Crippen LogP contribution in [0, 0.1) is 11.8 Å². The highest BCUT2D eigenvalue weighted by atomic mass is 16.5. The van der Waals surface area contributed by atoms with Gasteiger partial charge in [-0.05, 0) is 24.8 Å². The summed E-state index contributed by atoms with van der Waals surface area (Å²) in [5.41, 5.74) is 0. The molecule has 1 saturated heterocycles. The average Bonchev–Trinajstić information content (AvgIpc) is 2.61. The zero-order chi connectivity index (χ0) is 10.6. The van der Waals surface area contributed by atoms with E-state index in [4.69, 9.17) is 9.84 Å². The number of nitrogens with zero attached hydrogens (tertiary/aromatic N) is 1. The van der Waals surface area contributed by atoms with Crippen molar-refractivity contribution >= 4 is 0 Å². The third-order valence-corrected chi connectivity index (χ3v) is 3.15. The van der Waals surface area contributed by atoms with Gasteiger partial charge in [0.1, 0.15) is 0 Å². The number of ether oxygens (including phenoxy) is 1. The van der Waals surface area contributed by atoms with Gasteiger partial charge in [-0.3, -0.25) is 4.90 Å². The molecule has 0 amide bonds. The predicted octanol–water partition coefficient (Wildman–Crippen LogP) is 0.972. The van der Waals surface area contributed by atoms with Gasteiger partial charge in [0, 0.05) is 26.3 Å². The van der Waals surface area contributed by atoms with Crippen molar-refractivity contribution < 1.29 is 9.84 Å². The van der Waals surface area contributed by atoms with E-state index in [9.17, 15) is 0 Å². The molecule has 1 aliphatic rings. The highest BCUT2D eigenvalue weighted by Crippen LogP contribution is 2.21. The maximum atomic E-state index is 9.08. The number of hydrogen-bond acceptors (Lipinski definition) is 3. The van der Waals surface area contributed by atoms with Crippen LogP contribution in [-0.4, -0.2) is 49.5 Å². The van der Waals surface area contributed by atoms with E-state index in [1.165, 1.54) is 0 Å². The smallest absolute Gasteiger partial charge is 0.0620 e. The molecule has 1 N–H and O–H groups in total. The molecule has 0 radical (unpaired) electrons. The van der Waals surface area contributed by atoms with E-state index in [0.29, 0.717) is 24.5 Å². The van der Waals surface area contributed by atoms with E-state index < -0.39 is 0 Å². The van der Waals surface area contributed by atoms with Crippen LogP contribution >= 0.6 is 0 Å². The lowest BCUT2D eigenvalue weighted by atomic mass is 10.0. The van der Waals surface area contributed by atoms with Crippen LogP contribution in [0.15, 0.2) is 0 Å². The number of rotatable bonds is 5. The molecule has 0 aromatic heterocycles. The predicted molar refractivity (Wildman–Crippen MR) is 57.3 cm³/mol. The van der Waals surface area contributed by atoms with Gasteiger partial charge in [-0.1, -0.05) is 13.8 Å². The fourth-order valence-corrected chi connectivity index (χ4v) is 2.20. The third-order valence-electron chi connectivity index (χ3n) is 3.15. The normalized spacial score (nSPS) is 25.9. The summed E-state index contributed by atoms with van der Waals surface area (Å²) in [5.74, 6) is 1.10. The summed E-state index contributed by atoms with van der Waals surface area (Å²) >= 11 is 0. The quantitative estimate of drug-likeness (QED) is 0.719. The second kappa shape index (κ2) is 5.69. The molecule has 0 aromatic carbocycles. The fourth-order valence-electron chi connectivity index (χ4n) is 2.20. The summed E-state index contributed by atoms with van der Waals surface area (Å²) in [7, 11) is 1.76. The Morgan fingerprint density at radius 1 is 1.50 bits per heavy atom. The lowest BCUT2D eigenvalue weighted by Gasteiger charge is -2.30. The first-order valence-corrected chi connectivity index (χ1v) is 5.52. The molecular formula is C11H23NO2. The average molecular weight is 201 g/mol. The summed E-state index contributed by atoms with van der Waals surface area (Å²) in [4.78, 5) is 2.45. The Morgan fingerprint density at radius 3 is 2.64 bits per heavy atom. The number of methoxy groups -OCH3 is 1. The molecule has 3 nitrogen and oxygen atoms in total. The molecule has 1 fully saturated rings. The summed E-state index contributed by atoms with van der Waals surface area (Å²) in [6, 6.07) is 0.511. The van der Waals surface area contributed by atoms with E-state index in [1.54, 1.807) is 7.11 Å². The van der Waals surface area contributed by atoms with Crippen LogP contribution in [0.3, 0.4) is 0 Å². The molecule has 1 rings (SSSR count). The molecule has 14 heavy (non-hydrogen) atoms. The molecule has 0 spiro atoms. The van der Waals surface area contributed by atoms with Gasteiger partial charge in [0.2, 0.25) is 0 Å². The van der Waals surface area contributed by atoms with E-state index in [-0.39, 0.29) is 0 Å². The Labute approximate surface area is 87.1 Å². The number of hydrogen-bond donors (Lipinski definition) is 1. The number of likely N-dealkylation sites (tertiary alicyclic amines) is 1. The van der Waals surface area contributed by atoms with Gasteiger partial charge >= 0.3 is 0 Å². The van der Waals surface area contributed by atoms with Crippen molar-refractivity contribution in [3.63, 3.8) is 0 Å². The van der Waals surface area contributed by atoms with E-state index in [2.05, 4.69) is 18.7 Å². The van der Waals surface area contributed by atoms with E-state index >= 15 is 0 Å². The Balaban J connectivity index is 2.44. The maximum absolute atomic E-state index is 9.08. The zero-order valence-electron chi connectivity index (χ0n) is 9.57. The van der Waals surface area contributed by atoms with Gasteiger partial charge in [0.15, 0.2) is 0 Å². The summed E-state index contributed by atoms with van der Waals surface area (Å²) in [6.45, 7) is 7.73. The number of aliphatic hydroxyl groups excluding tert-OH is 1. The molecule has 0 bridgehead atoms. The van der Waals surface area contributed by atoms with Crippen LogP contribution in [0.5, 0.6) is 0 Å². The second-order valence-electron chi connectivity index (χ2n) is 4.60. The Morgan fingerprint density at radius 2 is 2.21 bits per heavy atom. The molecule has 1 aliphatic heterocycles. The molecule has 0 aliphatic carbocycles. The first kappa shape index (κ1) is 12.0. The topological polar surface area (TPSA) is 32.7 Å². The minimum atomic E-state index is 0.328. The highest BCUT2D eigenvalue weighted by Gasteiger charge is 2.29. The van der Waals surface area contributed by atoms with Gasteiger partial charge < -0.3 is 9.84 Å². The third kappa shape index (κ3) is 2.94. The molecule has 84 valence electrons. The van der Waals surface area contributed by atoms with Gasteiger partial charge in [-0.15, -0.1) is 0 Å². The van der Waals surface area contributed by atoms with Crippen LogP contribution in [-0.2, 0) is 4.74 Å². The largest absolute Gasteiger partial charge is 0.396 e. The lowest BCUT2D eigenvalue weighted by Crippen LogP contribution is -2.40. The van der Waals surface area contributed by atoms with Crippen LogP contribution < -0.4 is 0 Å². The van der Waals surface area contributed by atoms with Crippen LogP contribution in [0.1, 0.15) is 20.3 Å². The minimum Gasteiger partial charge on any atom is -0.396 e. The van der Waals surface area contributed by atoms with Crippen LogP contribution in [0.4, 0.5) is 0 Å². The van der Waals surface area contributed by atoms with Gasteiger partial charge in [-0.25, -0.2) is 0 Å². The van der Waals surface area contributed by atoms with Crippen molar-refractivity contribution in [2.45, 2.75) is 26.3 Å². The fraction of sp³-hybridized carbons (Fsp3) is 1.00. The van der Waals surface area contributed by atoms with Crippen molar-refractivity contribution in [2.24, 2.45) is 11.8 Å². The monoisotopic (exact) mass is 201 g/mol. The molecular weight excluding hydrogens is 178 g/mol. The number of aliphatic hydroxyl groups is 1. The van der Waals surface area contributed by atoms with Crippen LogP contribution in [0.2, 0.25) is 0 Å². The van der Waals surface area contributed by atoms with E-state index in [0.717, 1.165) is 26.1 Å². The van der Waals surface area contributed by atoms with Crippen molar-refractivity contribution in [2.75, 3.05) is 33.4 Å². The standard InChI is InChI=1S/C11H23NO2/c1-9(2)11(8-14-3)12-5-4-10(6-12)7-13/h9-11,13H,4-8H2,1-3H3. The van der Waals surface area contributed by atoms with E-state index in [1.807, 2.05) is 0 Å². The SMILES string of the molecule is COCC(C(C)C)N1CCC(CO)C1. The lowest BCUT2D eigenvalue weighted by molar-refractivity contribution is 0.0745. The molecule has 2 atom stereocenters. The first-order valence-electron chi connectivity index (χ1n) is 5.52. The molecule has 0 saturated carbocycles. The van der Waals surface area contributed by atoms with Crippen molar-refractivity contribution in [1.29, 1.82) is 0 Å². The molecule has 1 heterocycles. The Kier molecular flexibility index (Phi) is 4.85. The van der Waals surface area contributed by atoms with Crippen molar-refractivity contribution in [1.82, 2.24) is 4.90 Å². The minimum absolute atomic E-state index is 0.328. The molecule has 0 aromatic rings. The Bertz CT molecular complexity index is 161. The highest BCUT2D eigenvalue weighted by molar-refractivity contribution is 4.82. The van der Waals surface area contributed by atoms with Crippen molar-refractivity contribution in [3.05, 3.63) is 0 Å². The van der Waals surface area contributed by atoms with Gasteiger partial charge in [-0.2, -0.15) is 0 Å². The van der Waals surface area contributed by atoms with Crippen molar-refractivity contribution in [3.8, 4) is 0 Å². The summed E-state index contributed by atoms with van der Waals surface area (Å²) in [6.07, 6.45) is 1.13. The summed E-state index contributed by atoms with van der Waals surface area (Å²) in [5, 5.41) is 9.08. The molecule has 2 unspecified atom stereocenters. The van der Waals surface area contributed by atoms with Crippen LogP contribution in [0.25, 0.3) is 0 Å². The summed E-state index contributed by atoms with van der Waals surface area (Å²) < 4.78 is 5.24. The Hall–Kier alpha value is -0.120. The second-order valence-corrected chi connectivity index (χ2v) is 4.60. The van der Waals surface area contributed by atoms with Gasteiger partial charge in [0.05, 0.1) is 6.61 Å². The zero-order valence-corrected chi connectivity index (χ0v) is 9.57. The van der Waals surface area contributed by atoms with Gasteiger partial charge in [0.25, 0.3) is 0 Å². The first-order chi connectivity index (χ1) is 6.69. The maximum Gasteiger partial charge on any atom is 0.0620 e. The molecule has 3 heteroatoms.